The Morgan fingerprint density at radius 1 is 1.37 bits per heavy atom. The van der Waals surface area contributed by atoms with E-state index in [-0.39, 0.29) is 5.54 Å². The summed E-state index contributed by atoms with van der Waals surface area (Å²) in [7, 11) is 4.44. The molecule has 0 aliphatic heterocycles. The largest absolute Gasteiger partial charge is 0.308 e. The summed E-state index contributed by atoms with van der Waals surface area (Å²) in [6, 6.07) is 2.37. The van der Waals surface area contributed by atoms with Crippen molar-refractivity contribution in [1.29, 1.82) is 0 Å². The van der Waals surface area contributed by atoms with Gasteiger partial charge in [-0.05, 0) is 44.9 Å². The van der Waals surface area contributed by atoms with Gasteiger partial charge in [-0.3, -0.25) is 0 Å². The molecule has 1 heterocycles. The third-order valence-electron chi connectivity index (χ3n) is 4.46. The van der Waals surface area contributed by atoms with Gasteiger partial charge in [-0.1, -0.05) is 37.8 Å². The molecule has 1 aromatic rings. The summed E-state index contributed by atoms with van der Waals surface area (Å²) in [5.41, 5.74) is 0.211. The lowest BCUT2D eigenvalue weighted by Crippen LogP contribution is -2.54. The first kappa shape index (κ1) is 15.3. The molecule has 1 N–H and O–H groups in total. The van der Waals surface area contributed by atoms with Crippen molar-refractivity contribution in [2.45, 2.75) is 50.6 Å². The van der Waals surface area contributed by atoms with Gasteiger partial charge in [0.05, 0.1) is 11.1 Å². The SMILES string of the molecule is CCNC(c1sccc1Cl)C1(N(C)C)CCCCC1. The number of hydrogen-bond donors (Lipinski definition) is 1. The number of nitrogens with one attached hydrogen (secondary N) is 1. The van der Waals surface area contributed by atoms with Crippen molar-refractivity contribution in [2.24, 2.45) is 0 Å². The molecule has 1 aromatic heterocycles. The first-order valence-electron chi connectivity index (χ1n) is 7.25. The fraction of sp³-hybridized carbons (Fsp3) is 0.733. The van der Waals surface area contributed by atoms with E-state index >= 15 is 0 Å². The Bertz CT molecular complexity index is 397. The third kappa shape index (κ3) is 2.99. The maximum atomic E-state index is 6.41. The zero-order chi connectivity index (χ0) is 13.9. The van der Waals surface area contributed by atoms with Crippen LogP contribution in [0.25, 0.3) is 0 Å². The van der Waals surface area contributed by atoms with E-state index in [0.717, 1.165) is 11.6 Å². The topological polar surface area (TPSA) is 15.3 Å². The molecule has 0 amide bonds. The fourth-order valence-electron chi connectivity index (χ4n) is 3.40. The van der Waals surface area contributed by atoms with Gasteiger partial charge >= 0.3 is 0 Å². The normalized spacial score (nSPS) is 20.7. The second kappa shape index (κ2) is 6.57. The average molecular weight is 301 g/mol. The quantitative estimate of drug-likeness (QED) is 0.871. The van der Waals surface area contributed by atoms with Crippen LogP contribution in [0.4, 0.5) is 0 Å². The summed E-state index contributed by atoms with van der Waals surface area (Å²) >= 11 is 8.19. The molecule has 4 heteroatoms. The van der Waals surface area contributed by atoms with Crippen LogP contribution in [0.3, 0.4) is 0 Å². The number of nitrogens with zero attached hydrogens (tertiary/aromatic N) is 1. The van der Waals surface area contributed by atoms with Gasteiger partial charge in [0.15, 0.2) is 0 Å². The van der Waals surface area contributed by atoms with Crippen LogP contribution >= 0.6 is 22.9 Å². The average Bonchev–Trinajstić information content (AvgIpc) is 2.82. The van der Waals surface area contributed by atoms with Crippen LogP contribution in [-0.4, -0.2) is 31.1 Å². The standard InChI is InChI=1S/C15H25ClN2S/c1-4-17-14(13-12(16)8-11-19-13)15(18(2)3)9-6-5-7-10-15/h8,11,14,17H,4-7,9-10H2,1-3H3. The summed E-state index contributed by atoms with van der Waals surface area (Å²) < 4.78 is 0. The first-order valence-corrected chi connectivity index (χ1v) is 8.51. The Hall–Kier alpha value is -0.0900. The Kier molecular flexibility index (Phi) is 5.29. The lowest BCUT2D eigenvalue weighted by atomic mass is 9.74. The second-order valence-corrected chi connectivity index (χ2v) is 7.04. The Balaban J connectivity index is 2.37. The molecule has 19 heavy (non-hydrogen) atoms. The number of thiophene rings is 1. The van der Waals surface area contributed by atoms with Gasteiger partial charge in [0.2, 0.25) is 0 Å². The molecular formula is C15H25ClN2S. The monoisotopic (exact) mass is 300 g/mol. The van der Waals surface area contributed by atoms with E-state index in [2.05, 4.69) is 36.6 Å². The minimum absolute atomic E-state index is 0.211. The predicted octanol–water partition coefficient (Wildman–Crippen LogP) is 4.32. The van der Waals surface area contributed by atoms with E-state index in [4.69, 9.17) is 11.6 Å². The van der Waals surface area contributed by atoms with Gasteiger partial charge in [0, 0.05) is 10.4 Å². The zero-order valence-corrected chi connectivity index (χ0v) is 13.8. The molecule has 1 atom stereocenters. The number of hydrogen-bond acceptors (Lipinski definition) is 3. The van der Waals surface area contributed by atoms with E-state index in [1.165, 1.54) is 37.0 Å². The molecule has 0 radical (unpaired) electrons. The maximum Gasteiger partial charge on any atom is 0.0616 e. The van der Waals surface area contributed by atoms with Gasteiger partial charge in [-0.15, -0.1) is 11.3 Å². The molecule has 1 saturated carbocycles. The Labute approximate surface area is 126 Å². The molecule has 0 spiro atoms. The molecule has 2 rings (SSSR count). The molecule has 1 aliphatic rings. The Morgan fingerprint density at radius 3 is 2.53 bits per heavy atom. The first-order chi connectivity index (χ1) is 9.12. The van der Waals surface area contributed by atoms with Crippen LogP contribution < -0.4 is 5.32 Å². The molecule has 1 unspecified atom stereocenters. The lowest BCUT2D eigenvalue weighted by Gasteiger charge is -2.48. The van der Waals surface area contributed by atoms with E-state index in [1.807, 2.05) is 6.07 Å². The van der Waals surface area contributed by atoms with Crippen molar-refractivity contribution in [3.8, 4) is 0 Å². The van der Waals surface area contributed by atoms with Crippen LogP contribution in [0.15, 0.2) is 11.4 Å². The van der Waals surface area contributed by atoms with Crippen molar-refractivity contribution in [1.82, 2.24) is 10.2 Å². The highest BCUT2D eigenvalue weighted by molar-refractivity contribution is 7.10. The Morgan fingerprint density at radius 2 is 2.05 bits per heavy atom. The van der Waals surface area contributed by atoms with Crippen molar-refractivity contribution < 1.29 is 0 Å². The fourth-order valence-corrected chi connectivity index (χ4v) is 4.75. The van der Waals surface area contributed by atoms with Gasteiger partial charge < -0.3 is 10.2 Å². The van der Waals surface area contributed by atoms with Crippen LogP contribution in [0, 0.1) is 0 Å². The summed E-state index contributed by atoms with van der Waals surface area (Å²) in [5.74, 6) is 0. The van der Waals surface area contributed by atoms with Gasteiger partial charge in [-0.25, -0.2) is 0 Å². The van der Waals surface area contributed by atoms with Crippen LogP contribution in [0.2, 0.25) is 5.02 Å². The summed E-state index contributed by atoms with van der Waals surface area (Å²) in [4.78, 5) is 3.73. The van der Waals surface area contributed by atoms with Gasteiger partial charge in [-0.2, -0.15) is 0 Å². The minimum Gasteiger partial charge on any atom is -0.308 e. The van der Waals surface area contributed by atoms with Crippen LogP contribution in [0.1, 0.15) is 49.9 Å². The number of likely N-dealkylation sites (N-methyl/N-ethyl adjacent to an activating group) is 2. The third-order valence-corrected chi connectivity index (χ3v) is 5.89. The van der Waals surface area contributed by atoms with Crippen LogP contribution in [0.5, 0.6) is 0 Å². The molecule has 0 bridgehead atoms. The predicted molar refractivity (Wildman–Crippen MR) is 85.2 cm³/mol. The van der Waals surface area contributed by atoms with Crippen molar-refractivity contribution in [3.05, 3.63) is 21.3 Å². The number of rotatable bonds is 5. The zero-order valence-electron chi connectivity index (χ0n) is 12.2. The van der Waals surface area contributed by atoms with Gasteiger partial charge in [0.1, 0.15) is 0 Å². The maximum absolute atomic E-state index is 6.41. The highest BCUT2D eigenvalue weighted by Gasteiger charge is 2.43. The van der Waals surface area contributed by atoms with Crippen molar-refractivity contribution in [2.75, 3.05) is 20.6 Å². The van der Waals surface area contributed by atoms with E-state index in [1.54, 1.807) is 11.3 Å². The molecular weight excluding hydrogens is 276 g/mol. The molecule has 0 saturated heterocycles. The van der Waals surface area contributed by atoms with Crippen molar-refractivity contribution >= 4 is 22.9 Å². The highest BCUT2D eigenvalue weighted by atomic mass is 35.5. The molecule has 2 nitrogen and oxygen atoms in total. The molecule has 0 aromatic carbocycles. The molecule has 1 aliphatic carbocycles. The summed E-state index contributed by atoms with van der Waals surface area (Å²) in [6.07, 6.45) is 6.52. The smallest absolute Gasteiger partial charge is 0.0616 e. The van der Waals surface area contributed by atoms with Crippen LogP contribution in [-0.2, 0) is 0 Å². The lowest BCUT2D eigenvalue weighted by molar-refractivity contribution is 0.0584. The molecule has 108 valence electrons. The van der Waals surface area contributed by atoms with E-state index < -0.39 is 0 Å². The van der Waals surface area contributed by atoms with E-state index in [9.17, 15) is 0 Å². The van der Waals surface area contributed by atoms with E-state index in [0.29, 0.717) is 6.04 Å². The minimum atomic E-state index is 0.211. The highest BCUT2D eigenvalue weighted by Crippen LogP contribution is 2.45. The number of halogens is 1. The summed E-state index contributed by atoms with van der Waals surface area (Å²) in [5, 5.41) is 6.73. The summed E-state index contributed by atoms with van der Waals surface area (Å²) in [6.45, 7) is 3.16. The molecule has 1 fully saturated rings. The van der Waals surface area contributed by atoms with Gasteiger partial charge in [0.25, 0.3) is 0 Å². The second-order valence-electron chi connectivity index (χ2n) is 5.68. The van der Waals surface area contributed by atoms with Crippen molar-refractivity contribution in [3.63, 3.8) is 0 Å².